The van der Waals surface area contributed by atoms with Gasteiger partial charge in [-0.2, -0.15) is 0 Å². The number of Topliss-reactive ketones (excluding diaryl/α,β-unsaturated/α-hetero) is 1. The van der Waals surface area contributed by atoms with Gasteiger partial charge in [0.2, 0.25) is 0 Å². The van der Waals surface area contributed by atoms with Crippen LogP contribution in [0, 0.1) is 6.92 Å². The van der Waals surface area contributed by atoms with Gasteiger partial charge in [0.05, 0.1) is 7.11 Å². The van der Waals surface area contributed by atoms with E-state index in [4.69, 9.17) is 9.47 Å². The number of aryl methyl sites for hydroxylation is 1. The van der Waals surface area contributed by atoms with Crippen molar-refractivity contribution in [3.8, 4) is 0 Å². The van der Waals surface area contributed by atoms with E-state index in [9.17, 15) is 4.79 Å². The van der Waals surface area contributed by atoms with Gasteiger partial charge >= 0.3 is 0 Å². The maximum atomic E-state index is 12.5. The van der Waals surface area contributed by atoms with Crippen molar-refractivity contribution in [2.24, 2.45) is 0 Å². The van der Waals surface area contributed by atoms with Gasteiger partial charge in [-0.3, -0.25) is 4.79 Å². The standard InChI is InChI=1S/C16H16O3/c1-9-4-5-10-7-13-12(11(10)6-9)8-14(18-2)16(19-3)15(13)17/h4-6,8,16H,7H2,1-3H3. The normalized spacial score (nSPS) is 21.1. The van der Waals surface area contributed by atoms with E-state index in [0.29, 0.717) is 12.2 Å². The van der Waals surface area contributed by atoms with Gasteiger partial charge in [0.25, 0.3) is 0 Å². The number of allylic oxidation sites excluding steroid dienone is 2. The van der Waals surface area contributed by atoms with Gasteiger partial charge in [-0.05, 0) is 29.7 Å². The Morgan fingerprint density at radius 1 is 1.26 bits per heavy atom. The topological polar surface area (TPSA) is 35.5 Å². The molecule has 0 saturated heterocycles. The molecule has 1 atom stereocenters. The predicted molar refractivity (Wildman–Crippen MR) is 72.7 cm³/mol. The molecule has 1 aromatic rings. The summed E-state index contributed by atoms with van der Waals surface area (Å²) in [6, 6.07) is 6.30. The van der Waals surface area contributed by atoms with Gasteiger partial charge < -0.3 is 9.47 Å². The van der Waals surface area contributed by atoms with Gasteiger partial charge in [0, 0.05) is 19.1 Å². The van der Waals surface area contributed by atoms with E-state index in [1.165, 1.54) is 18.2 Å². The lowest BCUT2D eigenvalue weighted by molar-refractivity contribution is -0.124. The van der Waals surface area contributed by atoms with Crippen LogP contribution >= 0.6 is 0 Å². The zero-order chi connectivity index (χ0) is 13.6. The van der Waals surface area contributed by atoms with Crippen LogP contribution in [0.2, 0.25) is 0 Å². The summed E-state index contributed by atoms with van der Waals surface area (Å²) in [6.45, 7) is 2.06. The monoisotopic (exact) mass is 256 g/mol. The maximum Gasteiger partial charge on any atom is 0.196 e. The minimum atomic E-state index is -0.598. The molecule has 0 saturated carbocycles. The van der Waals surface area contributed by atoms with Crippen LogP contribution in [-0.4, -0.2) is 26.1 Å². The summed E-state index contributed by atoms with van der Waals surface area (Å²) in [4.78, 5) is 12.5. The van der Waals surface area contributed by atoms with Gasteiger partial charge in [0.1, 0.15) is 5.76 Å². The first-order chi connectivity index (χ1) is 9.15. The van der Waals surface area contributed by atoms with E-state index in [-0.39, 0.29) is 5.78 Å². The average Bonchev–Trinajstić information content (AvgIpc) is 2.77. The number of ketones is 1. The van der Waals surface area contributed by atoms with Crippen LogP contribution in [0.25, 0.3) is 5.57 Å². The van der Waals surface area contributed by atoms with Crippen molar-refractivity contribution in [3.63, 3.8) is 0 Å². The second-order valence-corrected chi connectivity index (χ2v) is 4.96. The molecule has 0 aromatic heterocycles. The molecular formula is C16H16O3. The van der Waals surface area contributed by atoms with Crippen LogP contribution in [0.1, 0.15) is 16.7 Å². The lowest BCUT2D eigenvalue weighted by Crippen LogP contribution is -2.30. The van der Waals surface area contributed by atoms with E-state index in [2.05, 4.69) is 25.1 Å². The molecule has 3 nitrogen and oxygen atoms in total. The second-order valence-electron chi connectivity index (χ2n) is 4.96. The van der Waals surface area contributed by atoms with Crippen LogP contribution in [0.4, 0.5) is 0 Å². The number of rotatable bonds is 2. The number of benzene rings is 1. The minimum absolute atomic E-state index is 0.0192. The molecular weight excluding hydrogens is 240 g/mol. The molecule has 0 amide bonds. The van der Waals surface area contributed by atoms with Crippen molar-refractivity contribution >= 4 is 11.4 Å². The second kappa shape index (κ2) is 4.35. The molecule has 1 unspecified atom stereocenters. The number of hydrogen-bond acceptors (Lipinski definition) is 3. The third-order valence-electron chi connectivity index (χ3n) is 3.80. The Hall–Kier alpha value is -1.87. The summed E-state index contributed by atoms with van der Waals surface area (Å²) in [5, 5.41) is 0. The van der Waals surface area contributed by atoms with Gasteiger partial charge in [-0.1, -0.05) is 23.8 Å². The van der Waals surface area contributed by atoms with Crippen molar-refractivity contribution < 1.29 is 14.3 Å². The summed E-state index contributed by atoms with van der Waals surface area (Å²) in [5.74, 6) is 0.603. The fourth-order valence-electron chi connectivity index (χ4n) is 2.82. The maximum absolute atomic E-state index is 12.5. The van der Waals surface area contributed by atoms with E-state index >= 15 is 0 Å². The Balaban J connectivity index is 2.14. The molecule has 19 heavy (non-hydrogen) atoms. The first-order valence-electron chi connectivity index (χ1n) is 6.31. The number of fused-ring (bicyclic) bond motifs is 2. The number of carbonyl (C=O) groups is 1. The average molecular weight is 256 g/mol. The Morgan fingerprint density at radius 3 is 2.74 bits per heavy atom. The molecule has 0 spiro atoms. The summed E-state index contributed by atoms with van der Waals surface area (Å²) >= 11 is 0. The molecule has 2 aliphatic carbocycles. The zero-order valence-electron chi connectivity index (χ0n) is 11.3. The van der Waals surface area contributed by atoms with Gasteiger partial charge in [-0.15, -0.1) is 0 Å². The van der Waals surface area contributed by atoms with Gasteiger partial charge in [0.15, 0.2) is 11.9 Å². The fraction of sp³-hybridized carbons (Fsp3) is 0.312. The van der Waals surface area contributed by atoms with E-state index < -0.39 is 6.10 Å². The summed E-state index contributed by atoms with van der Waals surface area (Å²) in [6.07, 6.45) is 2.03. The molecule has 3 rings (SSSR count). The Labute approximate surface area is 112 Å². The highest BCUT2D eigenvalue weighted by molar-refractivity contribution is 6.12. The van der Waals surface area contributed by atoms with Crippen molar-refractivity contribution in [1.29, 1.82) is 0 Å². The van der Waals surface area contributed by atoms with Crippen molar-refractivity contribution in [3.05, 3.63) is 52.3 Å². The summed E-state index contributed by atoms with van der Waals surface area (Å²) in [5.41, 5.74) is 5.38. The smallest absolute Gasteiger partial charge is 0.196 e. The Morgan fingerprint density at radius 2 is 2.05 bits per heavy atom. The molecule has 98 valence electrons. The number of methoxy groups -OCH3 is 2. The lowest BCUT2D eigenvalue weighted by Gasteiger charge is -2.22. The highest BCUT2D eigenvalue weighted by atomic mass is 16.5. The highest BCUT2D eigenvalue weighted by Gasteiger charge is 2.36. The number of hydrogen-bond donors (Lipinski definition) is 0. The number of carbonyl (C=O) groups excluding carboxylic acids is 1. The predicted octanol–water partition coefficient (Wildman–Crippen LogP) is 2.43. The lowest BCUT2D eigenvalue weighted by atomic mass is 9.93. The zero-order valence-corrected chi connectivity index (χ0v) is 11.3. The van der Waals surface area contributed by atoms with E-state index in [0.717, 1.165) is 16.7 Å². The molecule has 2 aliphatic rings. The van der Waals surface area contributed by atoms with E-state index in [1.807, 2.05) is 6.08 Å². The van der Waals surface area contributed by atoms with Crippen LogP contribution < -0.4 is 0 Å². The summed E-state index contributed by atoms with van der Waals surface area (Å²) in [7, 11) is 3.11. The molecule has 3 heteroatoms. The third kappa shape index (κ3) is 1.73. The van der Waals surface area contributed by atoms with Crippen LogP contribution in [0.5, 0.6) is 0 Å². The quantitative estimate of drug-likeness (QED) is 0.815. The molecule has 0 radical (unpaired) electrons. The largest absolute Gasteiger partial charge is 0.498 e. The first kappa shape index (κ1) is 12.2. The molecule has 0 fully saturated rings. The van der Waals surface area contributed by atoms with Crippen LogP contribution in [0.15, 0.2) is 35.6 Å². The third-order valence-corrected chi connectivity index (χ3v) is 3.80. The molecule has 0 N–H and O–H groups in total. The molecule has 0 heterocycles. The SMILES string of the molecule is COC1=CC2=C(Cc3ccc(C)cc32)C(=O)C1OC. The van der Waals surface area contributed by atoms with Crippen LogP contribution in [-0.2, 0) is 20.7 Å². The van der Waals surface area contributed by atoms with E-state index in [1.54, 1.807) is 7.11 Å². The van der Waals surface area contributed by atoms with Crippen LogP contribution in [0.3, 0.4) is 0 Å². The fourth-order valence-corrected chi connectivity index (χ4v) is 2.82. The minimum Gasteiger partial charge on any atom is -0.498 e. The van der Waals surface area contributed by atoms with Crippen molar-refractivity contribution in [2.75, 3.05) is 14.2 Å². The molecule has 0 bridgehead atoms. The Kier molecular flexibility index (Phi) is 2.79. The molecule has 1 aromatic carbocycles. The Bertz CT molecular complexity index is 623. The summed E-state index contributed by atoms with van der Waals surface area (Å²) < 4.78 is 10.6. The first-order valence-corrected chi connectivity index (χ1v) is 6.31. The van der Waals surface area contributed by atoms with Crippen molar-refractivity contribution in [1.82, 2.24) is 0 Å². The van der Waals surface area contributed by atoms with Gasteiger partial charge in [-0.25, -0.2) is 0 Å². The van der Waals surface area contributed by atoms with Crippen molar-refractivity contribution in [2.45, 2.75) is 19.4 Å². The molecule has 0 aliphatic heterocycles. The number of ether oxygens (including phenoxy) is 2. The highest BCUT2D eigenvalue weighted by Crippen LogP contribution is 2.39.